The molecule has 5 nitrogen and oxygen atoms in total. The maximum atomic E-state index is 5.47. The number of nitrogens with zero attached hydrogens (tertiary/aromatic N) is 4. The Balaban J connectivity index is 2.11. The van der Waals surface area contributed by atoms with E-state index in [1.54, 1.807) is 22.3 Å². The number of nitrogens with two attached hydrogens (primary N) is 1. The van der Waals surface area contributed by atoms with E-state index in [9.17, 15) is 0 Å². The van der Waals surface area contributed by atoms with E-state index in [1.807, 2.05) is 0 Å². The van der Waals surface area contributed by atoms with Crippen molar-refractivity contribution in [2.24, 2.45) is 5.73 Å². The second-order valence-electron chi connectivity index (χ2n) is 4.94. The summed E-state index contributed by atoms with van der Waals surface area (Å²) in [4.78, 5) is 8.70. The Morgan fingerprint density at radius 3 is 2.71 bits per heavy atom. The molecule has 2 aromatic heterocycles. The molecule has 6 heteroatoms. The van der Waals surface area contributed by atoms with Gasteiger partial charge in [-0.25, -0.2) is 14.6 Å². The van der Waals surface area contributed by atoms with E-state index in [0.717, 1.165) is 10.7 Å². The first-order valence-corrected chi connectivity index (χ1v) is 6.40. The summed E-state index contributed by atoms with van der Waals surface area (Å²) in [6.45, 7) is 7.52. The number of hydrogen-bond donors (Lipinski definition) is 1. The lowest BCUT2D eigenvalue weighted by Gasteiger charge is -2.14. The lowest BCUT2D eigenvalue weighted by molar-refractivity contribution is 0.567. The molecule has 0 radical (unpaired) electrons. The summed E-state index contributed by atoms with van der Waals surface area (Å²) in [7, 11) is 0. The van der Waals surface area contributed by atoms with Gasteiger partial charge in [-0.3, -0.25) is 0 Å². The maximum absolute atomic E-state index is 5.47. The lowest BCUT2D eigenvalue weighted by atomic mass is 9.93. The smallest absolute Gasteiger partial charge is 0.164 e. The van der Waals surface area contributed by atoms with Gasteiger partial charge in [0, 0.05) is 10.8 Å². The average Bonchev–Trinajstić information content (AvgIpc) is 2.86. The summed E-state index contributed by atoms with van der Waals surface area (Å²) in [5, 5.41) is 7.39. The zero-order valence-corrected chi connectivity index (χ0v) is 11.2. The highest BCUT2D eigenvalue weighted by molar-refractivity contribution is 7.09. The quantitative estimate of drug-likeness (QED) is 0.898. The fraction of sp³-hybridized carbons (Fsp3) is 0.545. The first-order chi connectivity index (χ1) is 7.99. The monoisotopic (exact) mass is 251 g/mol. The molecule has 92 valence electrons. The van der Waals surface area contributed by atoms with Crippen LogP contribution in [0.2, 0.25) is 0 Å². The molecule has 0 atom stereocenters. The van der Waals surface area contributed by atoms with Crippen LogP contribution in [0.5, 0.6) is 0 Å². The van der Waals surface area contributed by atoms with Crippen LogP contribution in [0, 0.1) is 0 Å². The molecule has 0 fully saturated rings. The van der Waals surface area contributed by atoms with Crippen molar-refractivity contribution in [2.45, 2.75) is 39.3 Å². The van der Waals surface area contributed by atoms with Crippen LogP contribution < -0.4 is 5.73 Å². The average molecular weight is 251 g/mol. The SMILES string of the molecule is CC(C)(C)c1csc(Cn2cnc(CN)n2)n1. The number of rotatable bonds is 3. The molecule has 0 spiro atoms. The summed E-state index contributed by atoms with van der Waals surface area (Å²) < 4.78 is 1.77. The van der Waals surface area contributed by atoms with Crippen molar-refractivity contribution in [3.63, 3.8) is 0 Å². The van der Waals surface area contributed by atoms with E-state index in [0.29, 0.717) is 18.9 Å². The Morgan fingerprint density at radius 2 is 2.18 bits per heavy atom. The van der Waals surface area contributed by atoms with Gasteiger partial charge in [0.2, 0.25) is 0 Å². The molecule has 0 bridgehead atoms. The molecular formula is C11H17N5S. The van der Waals surface area contributed by atoms with Crippen LogP contribution in [-0.2, 0) is 18.5 Å². The summed E-state index contributed by atoms with van der Waals surface area (Å²) in [5.74, 6) is 0.664. The predicted octanol–water partition coefficient (Wildman–Crippen LogP) is 1.54. The molecule has 0 aliphatic carbocycles. The van der Waals surface area contributed by atoms with Gasteiger partial charge < -0.3 is 5.73 Å². The van der Waals surface area contributed by atoms with Crippen LogP contribution in [0.4, 0.5) is 0 Å². The van der Waals surface area contributed by atoms with Gasteiger partial charge in [0.1, 0.15) is 11.3 Å². The van der Waals surface area contributed by atoms with Crippen molar-refractivity contribution in [1.29, 1.82) is 0 Å². The molecular weight excluding hydrogens is 234 g/mol. The van der Waals surface area contributed by atoms with Crippen molar-refractivity contribution in [1.82, 2.24) is 19.7 Å². The molecule has 2 N–H and O–H groups in total. The Bertz CT molecular complexity index is 494. The van der Waals surface area contributed by atoms with Crippen LogP contribution in [-0.4, -0.2) is 19.7 Å². The van der Waals surface area contributed by atoms with Gasteiger partial charge in [0.05, 0.1) is 18.8 Å². The van der Waals surface area contributed by atoms with Gasteiger partial charge >= 0.3 is 0 Å². The van der Waals surface area contributed by atoms with Crippen LogP contribution in [0.3, 0.4) is 0 Å². The topological polar surface area (TPSA) is 69.6 Å². The molecule has 2 aromatic rings. The Hall–Kier alpha value is -1.27. The second-order valence-corrected chi connectivity index (χ2v) is 5.88. The molecule has 17 heavy (non-hydrogen) atoms. The third-order valence-electron chi connectivity index (χ3n) is 2.38. The third kappa shape index (κ3) is 2.89. The van der Waals surface area contributed by atoms with Crippen molar-refractivity contribution in [3.8, 4) is 0 Å². The Labute approximate surface area is 105 Å². The number of hydrogen-bond acceptors (Lipinski definition) is 5. The highest BCUT2D eigenvalue weighted by Crippen LogP contribution is 2.24. The van der Waals surface area contributed by atoms with Crippen molar-refractivity contribution in [2.75, 3.05) is 0 Å². The van der Waals surface area contributed by atoms with Gasteiger partial charge in [-0.05, 0) is 0 Å². The van der Waals surface area contributed by atoms with E-state index < -0.39 is 0 Å². The summed E-state index contributed by atoms with van der Waals surface area (Å²) in [6.07, 6.45) is 1.69. The Morgan fingerprint density at radius 1 is 1.41 bits per heavy atom. The summed E-state index contributed by atoms with van der Waals surface area (Å²) >= 11 is 1.66. The fourth-order valence-electron chi connectivity index (χ4n) is 1.37. The van der Waals surface area contributed by atoms with Crippen LogP contribution >= 0.6 is 11.3 Å². The van der Waals surface area contributed by atoms with Crippen LogP contribution in [0.1, 0.15) is 37.3 Å². The summed E-state index contributed by atoms with van der Waals surface area (Å²) in [5.41, 5.74) is 6.69. The number of aromatic nitrogens is 4. The first-order valence-electron chi connectivity index (χ1n) is 5.52. The van der Waals surface area contributed by atoms with Crippen molar-refractivity contribution < 1.29 is 0 Å². The zero-order chi connectivity index (χ0) is 12.5. The lowest BCUT2D eigenvalue weighted by Crippen LogP contribution is -2.12. The van der Waals surface area contributed by atoms with Gasteiger partial charge in [-0.15, -0.1) is 11.3 Å². The van der Waals surface area contributed by atoms with Crippen LogP contribution in [0.15, 0.2) is 11.7 Å². The molecule has 0 unspecified atom stereocenters. The van der Waals surface area contributed by atoms with Crippen molar-refractivity contribution >= 4 is 11.3 Å². The number of thiazole rings is 1. The van der Waals surface area contributed by atoms with Crippen molar-refractivity contribution in [3.05, 3.63) is 28.2 Å². The first kappa shape index (κ1) is 12.2. The van der Waals surface area contributed by atoms with E-state index in [2.05, 4.69) is 41.2 Å². The van der Waals surface area contributed by atoms with E-state index in [4.69, 9.17) is 5.73 Å². The van der Waals surface area contributed by atoms with E-state index in [1.165, 1.54) is 0 Å². The molecule has 0 aliphatic rings. The predicted molar refractivity (Wildman–Crippen MR) is 67.8 cm³/mol. The molecule has 0 aliphatic heterocycles. The summed E-state index contributed by atoms with van der Waals surface area (Å²) in [6, 6.07) is 0. The molecule has 2 heterocycles. The second kappa shape index (κ2) is 4.54. The highest BCUT2D eigenvalue weighted by Gasteiger charge is 2.17. The minimum Gasteiger partial charge on any atom is -0.324 e. The largest absolute Gasteiger partial charge is 0.324 e. The molecule has 0 amide bonds. The molecule has 0 saturated carbocycles. The van der Waals surface area contributed by atoms with Gasteiger partial charge in [-0.1, -0.05) is 20.8 Å². The standard InChI is InChI=1S/C11H17N5S/c1-11(2,3)8-6-17-10(14-8)5-16-7-13-9(4-12)15-16/h6-7H,4-5,12H2,1-3H3. The van der Waals surface area contributed by atoms with Gasteiger partial charge in [0.15, 0.2) is 5.82 Å². The van der Waals surface area contributed by atoms with Gasteiger partial charge in [0.25, 0.3) is 0 Å². The molecule has 0 aromatic carbocycles. The molecule has 2 rings (SSSR count). The van der Waals surface area contributed by atoms with Crippen LogP contribution in [0.25, 0.3) is 0 Å². The fourth-order valence-corrected chi connectivity index (χ4v) is 2.38. The van der Waals surface area contributed by atoms with E-state index >= 15 is 0 Å². The Kier molecular flexibility index (Phi) is 3.26. The zero-order valence-electron chi connectivity index (χ0n) is 10.3. The van der Waals surface area contributed by atoms with Gasteiger partial charge in [-0.2, -0.15) is 5.10 Å². The normalized spacial score (nSPS) is 12.0. The highest BCUT2D eigenvalue weighted by atomic mass is 32.1. The maximum Gasteiger partial charge on any atom is 0.164 e. The van der Waals surface area contributed by atoms with E-state index in [-0.39, 0.29) is 5.41 Å². The molecule has 0 saturated heterocycles. The minimum atomic E-state index is 0.0968. The minimum absolute atomic E-state index is 0.0968. The third-order valence-corrected chi connectivity index (χ3v) is 3.22.